The number of hydrogen-bond donors (Lipinski definition) is 1. The highest BCUT2D eigenvalue weighted by Gasteiger charge is 2.10. The number of ether oxygens (including phenoxy) is 1. The van der Waals surface area contributed by atoms with E-state index in [4.69, 9.17) is 9.15 Å². The van der Waals surface area contributed by atoms with Gasteiger partial charge in [-0.15, -0.1) is 0 Å². The summed E-state index contributed by atoms with van der Waals surface area (Å²) in [4.78, 5) is 16.1. The number of oxazole rings is 1. The third-order valence-corrected chi connectivity index (χ3v) is 3.58. The fourth-order valence-corrected chi connectivity index (χ4v) is 2.35. The van der Waals surface area contributed by atoms with Crippen LogP contribution in [0, 0.1) is 5.82 Å². The van der Waals surface area contributed by atoms with Crippen molar-refractivity contribution >= 4 is 11.6 Å². The lowest BCUT2D eigenvalue weighted by molar-refractivity contribution is -0.116. The first-order valence-electron chi connectivity index (χ1n) is 7.78. The van der Waals surface area contributed by atoms with Gasteiger partial charge in [-0.1, -0.05) is 18.2 Å². The van der Waals surface area contributed by atoms with E-state index in [1.807, 2.05) is 24.3 Å². The molecule has 5 nitrogen and oxygen atoms in total. The Labute approximate surface area is 144 Å². The van der Waals surface area contributed by atoms with E-state index in [9.17, 15) is 9.18 Å². The summed E-state index contributed by atoms with van der Waals surface area (Å²) in [5.74, 6) is 1.18. The molecule has 0 aliphatic carbocycles. The summed E-state index contributed by atoms with van der Waals surface area (Å²) in [7, 11) is 1.60. The van der Waals surface area contributed by atoms with Crippen LogP contribution in [0.5, 0.6) is 5.75 Å². The largest absolute Gasteiger partial charge is 0.497 e. The molecule has 1 N–H and O–H groups in total. The van der Waals surface area contributed by atoms with Gasteiger partial charge in [-0.3, -0.25) is 4.79 Å². The zero-order valence-electron chi connectivity index (χ0n) is 13.7. The van der Waals surface area contributed by atoms with Crippen LogP contribution in [0.15, 0.2) is 59.1 Å². The number of methoxy groups -OCH3 is 1. The second kappa shape index (κ2) is 7.61. The van der Waals surface area contributed by atoms with Crippen molar-refractivity contribution in [2.24, 2.45) is 0 Å². The molecule has 0 spiro atoms. The lowest BCUT2D eigenvalue weighted by Gasteiger charge is -2.04. The Hall–Kier alpha value is -3.15. The first-order chi connectivity index (χ1) is 12.1. The molecule has 1 heterocycles. The Bertz CT molecular complexity index is 876. The molecule has 0 radical (unpaired) electrons. The third kappa shape index (κ3) is 4.44. The number of benzene rings is 2. The Balaban J connectivity index is 1.59. The number of anilines is 1. The maximum absolute atomic E-state index is 13.1. The molecule has 0 saturated heterocycles. The van der Waals surface area contributed by atoms with Crippen molar-refractivity contribution in [2.75, 3.05) is 12.4 Å². The summed E-state index contributed by atoms with van der Waals surface area (Å²) in [6.07, 6.45) is 2.16. The molecule has 0 aliphatic rings. The molecule has 128 valence electrons. The number of rotatable bonds is 6. The molecule has 0 saturated carbocycles. The van der Waals surface area contributed by atoms with Gasteiger partial charge in [0.1, 0.15) is 11.6 Å². The fourth-order valence-electron chi connectivity index (χ4n) is 2.35. The van der Waals surface area contributed by atoms with Gasteiger partial charge >= 0.3 is 0 Å². The molecule has 3 aromatic rings. The van der Waals surface area contributed by atoms with Gasteiger partial charge in [-0.25, -0.2) is 9.37 Å². The SMILES string of the molecule is COc1cccc(-c2cnc(CCC(=O)Nc3cccc(F)c3)o2)c1. The summed E-state index contributed by atoms with van der Waals surface area (Å²) in [6.45, 7) is 0. The standard InChI is InChI=1S/C19H17FN2O3/c1-24-16-7-2-4-13(10-16)17-12-21-19(25-17)9-8-18(23)22-15-6-3-5-14(20)11-15/h2-7,10-12H,8-9H2,1H3,(H,22,23). The summed E-state index contributed by atoms with van der Waals surface area (Å²) < 4.78 is 24.0. The molecule has 1 aromatic heterocycles. The van der Waals surface area contributed by atoms with Crippen LogP contribution in [0.1, 0.15) is 12.3 Å². The average molecular weight is 340 g/mol. The number of nitrogens with one attached hydrogen (secondary N) is 1. The van der Waals surface area contributed by atoms with Gasteiger partial charge in [-0.05, 0) is 30.3 Å². The molecule has 3 rings (SSSR count). The number of carbonyl (C=O) groups excluding carboxylic acids is 1. The number of amides is 1. The van der Waals surface area contributed by atoms with Gasteiger partial charge in [-0.2, -0.15) is 0 Å². The summed E-state index contributed by atoms with van der Waals surface area (Å²) >= 11 is 0. The van der Waals surface area contributed by atoms with Gasteiger partial charge in [0.2, 0.25) is 5.91 Å². The predicted molar refractivity (Wildman–Crippen MR) is 91.8 cm³/mol. The van der Waals surface area contributed by atoms with Crippen molar-refractivity contribution in [3.05, 3.63) is 66.4 Å². The zero-order valence-corrected chi connectivity index (χ0v) is 13.7. The molecule has 0 atom stereocenters. The smallest absolute Gasteiger partial charge is 0.224 e. The molecule has 0 unspecified atom stereocenters. The normalized spacial score (nSPS) is 10.5. The Morgan fingerprint density at radius 3 is 2.88 bits per heavy atom. The van der Waals surface area contributed by atoms with Crippen molar-refractivity contribution in [2.45, 2.75) is 12.8 Å². The molecule has 25 heavy (non-hydrogen) atoms. The molecule has 2 aromatic carbocycles. The minimum absolute atomic E-state index is 0.189. The second-order valence-electron chi connectivity index (χ2n) is 5.41. The topological polar surface area (TPSA) is 64.4 Å². The molecular weight excluding hydrogens is 323 g/mol. The van der Waals surface area contributed by atoms with E-state index in [0.717, 1.165) is 11.3 Å². The van der Waals surface area contributed by atoms with Crippen LogP contribution in [0.3, 0.4) is 0 Å². The van der Waals surface area contributed by atoms with Crippen LogP contribution < -0.4 is 10.1 Å². The van der Waals surface area contributed by atoms with E-state index in [1.165, 1.54) is 12.1 Å². The molecule has 1 amide bonds. The van der Waals surface area contributed by atoms with E-state index < -0.39 is 5.82 Å². The van der Waals surface area contributed by atoms with Crippen LogP contribution in [-0.2, 0) is 11.2 Å². The van der Waals surface area contributed by atoms with Gasteiger partial charge in [0.15, 0.2) is 11.7 Å². The fraction of sp³-hybridized carbons (Fsp3) is 0.158. The van der Waals surface area contributed by atoms with Crippen molar-refractivity contribution in [1.29, 1.82) is 0 Å². The van der Waals surface area contributed by atoms with Crippen LogP contribution in [0.4, 0.5) is 10.1 Å². The first kappa shape index (κ1) is 16.7. The maximum Gasteiger partial charge on any atom is 0.224 e. The number of hydrogen-bond acceptors (Lipinski definition) is 4. The number of halogens is 1. The number of aryl methyl sites for hydroxylation is 1. The highest BCUT2D eigenvalue weighted by molar-refractivity contribution is 5.90. The van der Waals surface area contributed by atoms with Crippen molar-refractivity contribution < 1.29 is 18.3 Å². The maximum atomic E-state index is 13.1. The highest BCUT2D eigenvalue weighted by Crippen LogP contribution is 2.24. The van der Waals surface area contributed by atoms with E-state index >= 15 is 0 Å². The van der Waals surface area contributed by atoms with Gasteiger partial charge in [0.05, 0.1) is 13.3 Å². The monoisotopic (exact) mass is 340 g/mol. The van der Waals surface area contributed by atoms with Crippen LogP contribution in [-0.4, -0.2) is 18.0 Å². The zero-order chi connectivity index (χ0) is 17.6. The summed E-state index contributed by atoms with van der Waals surface area (Å²) in [5.41, 5.74) is 1.27. The van der Waals surface area contributed by atoms with Crippen molar-refractivity contribution in [1.82, 2.24) is 4.98 Å². The predicted octanol–water partition coefficient (Wildman–Crippen LogP) is 4.06. The van der Waals surface area contributed by atoms with Gasteiger partial charge in [0.25, 0.3) is 0 Å². The van der Waals surface area contributed by atoms with E-state index in [-0.39, 0.29) is 12.3 Å². The number of nitrogens with zero attached hydrogens (tertiary/aromatic N) is 1. The van der Waals surface area contributed by atoms with Crippen LogP contribution >= 0.6 is 0 Å². The van der Waals surface area contributed by atoms with E-state index in [1.54, 1.807) is 25.4 Å². The molecular formula is C19H17FN2O3. The Morgan fingerprint density at radius 2 is 2.08 bits per heavy atom. The van der Waals surface area contributed by atoms with Gasteiger partial charge < -0.3 is 14.5 Å². The van der Waals surface area contributed by atoms with Crippen molar-refractivity contribution in [3.63, 3.8) is 0 Å². The third-order valence-electron chi connectivity index (χ3n) is 3.58. The van der Waals surface area contributed by atoms with Crippen LogP contribution in [0.2, 0.25) is 0 Å². The Kier molecular flexibility index (Phi) is 5.09. The minimum atomic E-state index is -0.395. The van der Waals surface area contributed by atoms with E-state index in [2.05, 4.69) is 10.3 Å². The lowest BCUT2D eigenvalue weighted by Crippen LogP contribution is -2.12. The number of aromatic nitrogens is 1. The average Bonchev–Trinajstić information content (AvgIpc) is 3.09. The summed E-state index contributed by atoms with van der Waals surface area (Å²) in [5, 5.41) is 2.64. The van der Waals surface area contributed by atoms with Crippen molar-refractivity contribution in [3.8, 4) is 17.1 Å². The lowest BCUT2D eigenvalue weighted by atomic mass is 10.2. The van der Waals surface area contributed by atoms with Gasteiger partial charge in [0, 0.05) is 24.1 Å². The Morgan fingerprint density at radius 1 is 1.24 bits per heavy atom. The summed E-state index contributed by atoms with van der Waals surface area (Å²) in [6, 6.07) is 13.2. The first-order valence-corrected chi connectivity index (χ1v) is 7.78. The minimum Gasteiger partial charge on any atom is -0.497 e. The molecule has 0 aliphatic heterocycles. The van der Waals surface area contributed by atoms with E-state index in [0.29, 0.717) is 23.8 Å². The van der Waals surface area contributed by atoms with Crippen LogP contribution in [0.25, 0.3) is 11.3 Å². The quantitative estimate of drug-likeness (QED) is 0.735. The second-order valence-corrected chi connectivity index (χ2v) is 5.41. The molecule has 0 bridgehead atoms. The number of carbonyl (C=O) groups is 1. The highest BCUT2D eigenvalue weighted by atomic mass is 19.1. The molecule has 0 fully saturated rings. The molecule has 6 heteroatoms.